The van der Waals surface area contributed by atoms with Gasteiger partial charge in [-0.2, -0.15) is 0 Å². The van der Waals surface area contributed by atoms with Crippen LogP contribution in [0, 0.1) is 5.92 Å². The maximum absolute atomic E-state index is 5.96. The highest BCUT2D eigenvalue weighted by atomic mass is 14.6. The summed E-state index contributed by atoms with van der Waals surface area (Å²) in [5.74, 6) is 0.770. The van der Waals surface area contributed by atoms with Crippen molar-refractivity contribution in [1.29, 1.82) is 0 Å². The van der Waals surface area contributed by atoms with E-state index >= 15 is 0 Å². The van der Waals surface area contributed by atoms with Crippen LogP contribution in [0.15, 0.2) is 0 Å². The van der Waals surface area contributed by atoms with Gasteiger partial charge in [0.1, 0.15) is 0 Å². The van der Waals surface area contributed by atoms with Crippen LogP contribution in [-0.2, 0) is 0 Å². The standard InChI is InChI=1S/C12H27N/c1-4-6-8-10-12(11(3)13)9-7-5-2/h11-12H,4-10,13H2,1-3H3. The molecule has 0 aromatic carbocycles. The topological polar surface area (TPSA) is 26.0 Å². The van der Waals surface area contributed by atoms with Gasteiger partial charge in [-0.05, 0) is 25.7 Å². The van der Waals surface area contributed by atoms with Crippen LogP contribution in [0.4, 0.5) is 0 Å². The molecule has 0 aliphatic rings. The number of unbranched alkanes of at least 4 members (excludes halogenated alkanes) is 3. The molecule has 80 valence electrons. The Morgan fingerprint density at radius 3 is 1.92 bits per heavy atom. The summed E-state index contributed by atoms with van der Waals surface area (Å²) in [7, 11) is 0. The van der Waals surface area contributed by atoms with Crippen LogP contribution in [0.2, 0.25) is 0 Å². The van der Waals surface area contributed by atoms with E-state index in [4.69, 9.17) is 5.73 Å². The van der Waals surface area contributed by atoms with E-state index in [1.165, 1.54) is 44.9 Å². The Bertz CT molecular complexity index is 99.3. The van der Waals surface area contributed by atoms with Crippen molar-refractivity contribution in [3.05, 3.63) is 0 Å². The molecule has 0 aliphatic carbocycles. The fraction of sp³-hybridized carbons (Fsp3) is 1.00. The molecule has 2 N–H and O–H groups in total. The third-order valence-electron chi connectivity index (χ3n) is 2.85. The molecule has 2 unspecified atom stereocenters. The second-order valence-electron chi connectivity index (χ2n) is 4.26. The number of hydrogen-bond donors (Lipinski definition) is 1. The van der Waals surface area contributed by atoms with Crippen molar-refractivity contribution in [3.8, 4) is 0 Å². The summed E-state index contributed by atoms with van der Waals surface area (Å²) in [5.41, 5.74) is 5.96. The molecule has 0 rings (SSSR count). The zero-order valence-electron chi connectivity index (χ0n) is 9.68. The zero-order valence-corrected chi connectivity index (χ0v) is 9.68. The van der Waals surface area contributed by atoms with Gasteiger partial charge in [0.25, 0.3) is 0 Å². The van der Waals surface area contributed by atoms with Gasteiger partial charge in [0.15, 0.2) is 0 Å². The minimum Gasteiger partial charge on any atom is -0.328 e. The third kappa shape index (κ3) is 7.06. The molecule has 0 aromatic heterocycles. The van der Waals surface area contributed by atoms with E-state index in [1.807, 2.05) is 0 Å². The van der Waals surface area contributed by atoms with E-state index in [1.54, 1.807) is 0 Å². The molecule has 1 heteroatoms. The second kappa shape index (κ2) is 8.55. The number of nitrogens with two attached hydrogens (primary N) is 1. The van der Waals surface area contributed by atoms with Crippen molar-refractivity contribution in [1.82, 2.24) is 0 Å². The predicted molar refractivity (Wildman–Crippen MR) is 60.8 cm³/mol. The highest BCUT2D eigenvalue weighted by Gasteiger charge is 2.11. The van der Waals surface area contributed by atoms with Crippen molar-refractivity contribution in [2.45, 2.75) is 71.8 Å². The predicted octanol–water partition coefficient (Wildman–Crippen LogP) is 3.72. The lowest BCUT2D eigenvalue weighted by molar-refractivity contribution is 0.362. The van der Waals surface area contributed by atoms with E-state index in [0.717, 1.165) is 5.92 Å². The Morgan fingerprint density at radius 1 is 0.923 bits per heavy atom. The molecule has 1 nitrogen and oxygen atoms in total. The van der Waals surface area contributed by atoms with Gasteiger partial charge in [0.2, 0.25) is 0 Å². The molecule has 0 aromatic rings. The van der Waals surface area contributed by atoms with Crippen LogP contribution in [-0.4, -0.2) is 6.04 Å². The van der Waals surface area contributed by atoms with Crippen LogP contribution in [0.5, 0.6) is 0 Å². The largest absolute Gasteiger partial charge is 0.328 e. The molecule has 0 amide bonds. The molecule has 0 saturated carbocycles. The highest BCUT2D eigenvalue weighted by Crippen LogP contribution is 2.19. The molecular formula is C12H27N. The lowest BCUT2D eigenvalue weighted by atomic mass is 9.90. The highest BCUT2D eigenvalue weighted by molar-refractivity contribution is 4.68. The van der Waals surface area contributed by atoms with Gasteiger partial charge in [0.05, 0.1) is 0 Å². The van der Waals surface area contributed by atoms with Gasteiger partial charge in [-0.25, -0.2) is 0 Å². The summed E-state index contributed by atoms with van der Waals surface area (Å²) in [6.07, 6.45) is 9.37. The first-order chi connectivity index (χ1) is 6.22. The lowest BCUT2D eigenvalue weighted by Gasteiger charge is -2.20. The summed E-state index contributed by atoms with van der Waals surface area (Å²) in [6.45, 7) is 6.67. The minimum atomic E-state index is 0.392. The SMILES string of the molecule is CCCCCC(CCCC)C(C)N. The molecule has 0 bridgehead atoms. The maximum atomic E-state index is 5.96. The van der Waals surface area contributed by atoms with E-state index in [2.05, 4.69) is 20.8 Å². The van der Waals surface area contributed by atoms with Crippen molar-refractivity contribution in [3.63, 3.8) is 0 Å². The van der Waals surface area contributed by atoms with Crippen LogP contribution in [0.25, 0.3) is 0 Å². The summed E-state index contributed by atoms with van der Waals surface area (Å²) >= 11 is 0. The van der Waals surface area contributed by atoms with E-state index in [9.17, 15) is 0 Å². The van der Waals surface area contributed by atoms with Crippen molar-refractivity contribution in [2.75, 3.05) is 0 Å². The molecule has 0 saturated heterocycles. The van der Waals surface area contributed by atoms with Gasteiger partial charge in [-0.15, -0.1) is 0 Å². The summed E-state index contributed by atoms with van der Waals surface area (Å²) < 4.78 is 0. The Balaban J connectivity index is 3.54. The first kappa shape index (κ1) is 13.0. The molecule has 0 aliphatic heterocycles. The molecule has 2 atom stereocenters. The fourth-order valence-electron chi connectivity index (χ4n) is 1.79. The Labute approximate surface area is 84.1 Å². The second-order valence-corrected chi connectivity index (χ2v) is 4.26. The first-order valence-corrected chi connectivity index (χ1v) is 5.97. The van der Waals surface area contributed by atoms with Crippen molar-refractivity contribution in [2.24, 2.45) is 11.7 Å². The molecule has 0 radical (unpaired) electrons. The van der Waals surface area contributed by atoms with E-state index in [0.29, 0.717) is 6.04 Å². The van der Waals surface area contributed by atoms with Gasteiger partial charge in [0, 0.05) is 6.04 Å². The quantitative estimate of drug-likeness (QED) is 0.573. The Kier molecular flexibility index (Phi) is 8.53. The molecular weight excluding hydrogens is 158 g/mol. The van der Waals surface area contributed by atoms with Crippen LogP contribution < -0.4 is 5.73 Å². The number of hydrogen-bond acceptors (Lipinski definition) is 1. The minimum absolute atomic E-state index is 0.392. The monoisotopic (exact) mass is 185 g/mol. The van der Waals surface area contributed by atoms with Crippen molar-refractivity contribution < 1.29 is 0 Å². The van der Waals surface area contributed by atoms with Gasteiger partial charge >= 0.3 is 0 Å². The van der Waals surface area contributed by atoms with Crippen LogP contribution >= 0.6 is 0 Å². The zero-order chi connectivity index (χ0) is 10.1. The summed E-state index contributed by atoms with van der Waals surface area (Å²) in [4.78, 5) is 0. The smallest absolute Gasteiger partial charge is 0.00387 e. The third-order valence-corrected chi connectivity index (χ3v) is 2.85. The van der Waals surface area contributed by atoms with Crippen molar-refractivity contribution >= 4 is 0 Å². The van der Waals surface area contributed by atoms with Gasteiger partial charge < -0.3 is 5.73 Å². The van der Waals surface area contributed by atoms with Gasteiger partial charge in [-0.1, -0.05) is 46.0 Å². The molecule has 0 heterocycles. The molecule has 0 fully saturated rings. The lowest BCUT2D eigenvalue weighted by Crippen LogP contribution is -2.26. The maximum Gasteiger partial charge on any atom is 0.00387 e. The Morgan fingerprint density at radius 2 is 1.46 bits per heavy atom. The van der Waals surface area contributed by atoms with E-state index < -0.39 is 0 Å². The van der Waals surface area contributed by atoms with Crippen LogP contribution in [0.3, 0.4) is 0 Å². The fourth-order valence-corrected chi connectivity index (χ4v) is 1.79. The van der Waals surface area contributed by atoms with E-state index in [-0.39, 0.29) is 0 Å². The average Bonchev–Trinajstić information content (AvgIpc) is 2.10. The average molecular weight is 185 g/mol. The van der Waals surface area contributed by atoms with Crippen LogP contribution in [0.1, 0.15) is 65.7 Å². The summed E-state index contributed by atoms with van der Waals surface area (Å²) in [6, 6.07) is 0.392. The summed E-state index contributed by atoms with van der Waals surface area (Å²) in [5, 5.41) is 0. The normalized spacial score (nSPS) is 15.7. The Hall–Kier alpha value is -0.0400. The number of rotatable bonds is 8. The first-order valence-electron chi connectivity index (χ1n) is 5.97. The molecule has 13 heavy (non-hydrogen) atoms. The van der Waals surface area contributed by atoms with Gasteiger partial charge in [-0.3, -0.25) is 0 Å². The molecule has 0 spiro atoms.